The summed E-state index contributed by atoms with van der Waals surface area (Å²) in [5, 5.41) is 0. The standard InChI is InChI=1S/CH2BrFO2S/c2-6(4,5)1-3/h1H2. The quantitative estimate of drug-likeness (QED) is 0.550. The summed E-state index contributed by atoms with van der Waals surface area (Å²) in [7, 11) is -3.52. The molecule has 0 saturated heterocycles. The molecule has 0 aliphatic heterocycles. The molecule has 0 radical (unpaired) electrons. The Balaban J connectivity index is 3.85. The summed E-state index contributed by atoms with van der Waals surface area (Å²) in [5.41, 5.74) is 0. The molecule has 0 N–H and O–H groups in total. The molecule has 0 aliphatic carbocycles. The Hall–Kier alpha value is 0.360. The van der Waals surface area contributed by atoms with Gasteiger partial charge in [-0.15, -0.1) is 0 Å². The number of halogens is 2. The third-order valence-corrected chi connectivity index (χ3v) is 0.910. The molecular formula is CH2BrFO2S. The fourth-order valence-corrected chi connectivity index (χ4v) is 0. The van der Waals surface area contributed by atoms with Crippen LogP contribution in [0.4, 0.5) is 4.39 Å². The molecule has 0 aromatic rings. The molecule has 5 heteroatoms. The summed E-state index contributed by atoms with van der Waals surface area (Å²) < 4.78 is 29.9. The minimum Gasteiger partial charge on any atom is -0.233 e. The Morgan fingerprint density at radius 1 is 1.67 bits per heavy atom. The second-order valence-electron chi connectivity index (χ2n) is 0.648. The lowest BCUT2D eigenvalue weighted by Gasteiger charge is -1.74. The Kier molecular flexibility index (Phi) is 1.99. The van der Waals surface area contributed by atoms with E-state index < -0.39 is 14.3 Å². The summed E-state index contributed by atoms with van der Waals surface area (Å²) in [6.07, 6.45) is 0. The fourth-order valence-electron chi connectivity index (χ4n) is 0. The molecule has 0 aliphatic rings. The zero-order chi connectivity index (χ0) is 5.21. The van der Waals surface area contributed by atoms with Crippen molar-refractivity contribution in [3.8, 4) is 0 Å². The van der Waals surface area contributed by atoms with Gasteiger partial charge in [-0.2, -0.15) is 0 Å². The highest BCUT2D eigenvalue weighted by atomic mass is 79.9. The molecule has 0 fully saturated rings. The zero-order valence-electron chi connectivity index (χ0n) is 2.69. The van der Waals surface area contributed by atoms with Crippen LogP contribution in [0.3, 0.4) is 0 Å². The van der Waals surface area contributed by atoms with Crippen molar-refractivity contribution in [2.75, 3.05) is 6.01 Å². The van der Waals surface area contributed by atoms with Gasteiger partial charge in [0.15, 0.2) is 0 Å². The normalized spacial score (nSPS) is 11.7. The first-order valence-electron chi connectivity index (χ1n) is 1.04. The average molecular weight is 177 g/mol. The lowest BCUT2D eigenvalue weighted by molar-refractivity contribution is 0.547. The van der Waals surface area contributed by atoms with E-state index in [2.05, 4.69) is 14.8 Å². The average Bonchev–Trinajstić information content (AvgIpc) is 1.35. The van der Waals surface area contributed by atoms with Gasteiger partial charge in [0.25, 0.3) is 0 Å². The topological polar surface area (TPSA) is 34.1 Å². The van der Waals surface area contributed by atoms with Crippen LogP contribution in [0.1, 0.15) is 0 Å². The van der Waals surface area contributed by atoms with Gasteiger partial charge in [0.2, 0.25) is 14.3 Å². The monoisotopic (exact) mass is 176 g/mol. The van der Waals surface area contributed by atoms with Gasteiger partial charge in [-0.3, -0.25) is 0 Å². The summed E-state index contributed by atoms with van der Waals surface area (Å²) >= 11 is 2.07. The van der Waals surface area contributed by atoms with E-state index in [1.165, 1.54) is 0 Å². The third kappa shape index (κ3) is 4.36. The molecule has 2 nitrogen and oxygen atoms in total. The highest BCUT2D eigenvalue weighted by Gasteiger charge is 1.98. The maximum atomic E-state index is 10.9. The molecule has 0 atom stereocenters. The van der Waals surface area contributed by atoms with Crippen LogP contribution in [-0.4, -0.2) is 14.4 Å². The van der Waals surface area contributed by atoms with Crippen molar-refractivity contribution in [1.82, 2.24) is 0 Å². The maximum Gasteiger partial charge on any atom is 0.238 e. The fraction of sp³-hybridized carbons (Fsp3) is 1.00. The van der Waals surface area contributed by atoms with Crippen LogP contribution in [0.2, 0.25) is 0 Å². The predicted molar refractivity (Wildman–Crippen MR) is 23.8 cm³/mol. The Morgan fingerprint density at radius 2 is 1.83 bits per heavy atom. The van der Waals surface area contributed by atoms with Crippen molar-refractivity contribution >= 4 is 23.1 Å². The zero-order valence-corrected chi connectivity index (χ0v) is 5.09. The molecule has 0 amide bonds. The molecule has 0 aromatic heterocycles. The highest BCUT2D eigenvalue weighted by molar-refractivity contribution is 9.47. The van der Waals surface area contributed by atoms with Crippen LogP contribution in [0.25, 0.3) is 0 Å². The first-order valence-corrected chi connectivity index (χ1v) is 4.54. The summed E-state index contributed by atoms with van der Waals surface area (Å²) in [6, 6.07) is -1.34. The van der Waals surface area contributed by atoms with E-state index in [0.29, 0.717) is 0 Å². The molecule has 0 spiro atoms. The smallest absolute Gasteiger partial charge is 0.233 e. The second-order valence-corrected chi connectivity index (χ2v) is 4.90. The van der Waals surface area contributed by atoms with E-state index >= 15 is 0 Å². The predicted octanol–water partition coefficient (Wildman–Crippen LogP) is 0.638. The van der Waals surface area contributed by atoms with Crippen LogP contribution in [0.15, 0.2) is 0 Å². The summed E-state index contributed by atoms with van der Waals surface area (Å²) in [5.74, 6) is 0. The van der Waals surface area contributed by atoms with Gasteiger partial charge in [0, 0.05) is 0 Å². The van der Waals surface area contributed by atoms with Gasteiger partial charge in [-0.05, 0) is 0 Å². The van der Waals surface area contributed by atoms with Gasteiger partial charge in [0.05, 0.1) is 14.8 Å². The largest absolute Gasteiger partial charge is 0.238 e. The van der Waals surface area contributed by atoms with E-state index in [1.54, 1.807) is 0 Å². The van der Waals surface area contributed by atoms with Crippen LogP contribution >= 0.6 is 14.8 Å². The Morgan fingerprint density at radius 3 is 1.83 bits per heavy atom. The van der Waals surface area contributed by atoms with Crippen LogP contribution in [-0.2, 0) is 8.27 Å². The first-order chi connectivity index (χ1) is 2.56. The maximum absolute atomic E-state index is 10.9. The van der Waals surface area contributed by atoms with E-state index in [0.717, 1.165) is 0 Å². The lowest BCUT2D eigenvalue weighted by Crippen LogP contribution is -1.85. The van der Waals surface area contributed by atoms with E-state index in [-0.39, 0.29) is 0 Å². The van der Waals surface area contributed by atoms with Crippen LogP contribution in [0.5, 0.6) is 0 Å². The highest BCUT2D eigenvalue weighted by Crippen LogP contribution is 1.97. The van der Waals surface area contributed by atoms with E-state index in [1.807, 2.05) is 0 Å². The molecule has 0 aromatic carbocycles. The van der Waals surface area contributed by atoms with Gasteiger partial charge in [-0.25, -0.2) is 12.8 Å². The minimum atomic E-state index is -3.52. The molecule has 0 saturated carbocycles. The summed E-state index contributed by atoms with van der Waals surface area (Å²) in [6.45, 7) is 0. The molecule has 0 rings (SSSR count). The first kappa shape index (κ1) is 6.36. The SMILES string of the molecule is O=S(=O)(Br)CF. The van der Waals surface area contributed by atoms with Crippen LogP contribution < -0.4 is 0 Å². The van der Waals surface area contributed by atoms with Gasteiger partial charge >= 0.3 is 0 Å². The van der Waals surface area contributed by atoms with E-state index in [9.17, 15) is 12.8 Å². The number of hydrogen-bond acceptors (Lipinski definition) is 2. The number of alkyl halides is 1. The second kappa shape index (κ2) is 1.88. The Labute approximate surface area is 42.5 Å². The molecule has 0 unspecified atom stereocenters. The molecule has 6 heavy (non-hydrogen) atoms. The lowest BCUT2D eigenvalue weighted by atomic mass is 11.8. The van der Waals surface area contributed by atoms with Crippen molar-refractivity contribution < 1.29 is 12.8 Å². The van der Waals surface area contributed by atoms with Crippen molar-refractivity contribution in [2.45, 2.75) is 0 Å². The van der Waals surface area contributed by atoms with Crippen LogP contribution in [0, 0.1) is 0 Å². The van der Waals surface area contributed by atoms with Gasteiger partial charge in [-0.1, -0.05) is 0 Å². The van der Waals surface area contributed by atoms with Crippen molar-refractivity contribution in [1.29, 1.82) is 0 Å². The van der Waals surface area contributed by atoms with E-state index in [4.69, 9.17) is 0 Å². The van der Waals surface area contributed by atoms with Crippen molar-refractivity contribution in [3.05, 3.63) is 0 Å². The van der Waals surface area contributed by atoms with Crippen molar-refractivity contribution in [3.63, 3.8) is 0 Å². The minimum absolute atomic E-state index is 1.34. The molecule has 0 bridgehead atoms. The summed E-state index contributed by atoms with van der Waals surface area (Å²) in [4.78, 5) is 0. The molecule has 0 heterocycles. The van der Waals surface area contributed by atoms with Gasteiger partial charge < -0.3 is 0 Å². The number of hydrogen-bond donors (Lipinski definition) is 0. The number of rotatable bonds is 1. The Bertz CT molecular complexity index is 116. The molecular weight excluding hydrogens is 175 g/mol. The molecule has 38 valence electrons. The van der Waals surface area contributed by atoms with Gasteiger partial charge in [0.1, 0.15) is 0 Å². The van der Waals surface area contributed by atoms with Crippen molar-refractivity contribution in [2.24, 2.45) is 0 Å². The third-order valence-electron chi connectivity index (χ3n) is 0.130.